The summed E-state index contributed by atoms with van der Waals surface area (Å²) in [6.45, 7) is 15.9. The van der Waals surface area contributed by atoms with Crippen molar-refractivity contribution in [2.75, 3.05) is 7.11 Å². The number of hydrogen-bond donors (Lipinski definition) is 1. The lowest BCUT2D eigenvalue weighted by Crippen LogP contribution is -2.10. The van der Waals surface area contributed by atoms with Gasteiger partial charge in [-0.15, -0.1) is 23.5 Å². The number of ether oxygens (including phenoxy) is 1. The van der Waals surface area contributed by atoms with Crippen molar-refractivity contribution in [3.05, 3.63) is 109 Å². The molecule has 0 bridgehead atoms. The Bertz CT molecular complexity index is 2670. The van der Waals surface area contributed by atoms with Crippen molar-refractivity contribution in [1.29, 1.82) is 0 Å². The predicted octanol–water partition coefficient (Wildman–Crippen LogP) is 12.8. The van der Waals surface area contributed by atoms with E-state index in [0.717, 1.165) is 47.9 Å². The summed E-state index contributed by atoms with van der Waals surface area (Å²) in [6, 6.07) is 18.8. The number of benzene rings is 2. The highest BCUT2D eigenvalue weighted by Crippen LogP contribution is 2.42. The van der Waals surface area contributed by atoms with Crippen molar-refractivity contribution in [2.24, 2.45) is 0 Å². The molecule has 5 aromatic heterocycles. The first-order valence-corrected chi connectivity index (χ1v) is 23.4. The van der Waals surface area contributed by atoms with Crippen LogP contribution < -0.4 is 0 Å². The fraction of sp³-hybridized carbons (Fsp3) is 0.262. The topological polar surface area (TPSA) is 138 Å². The van der Waals surface area contributed by atoms with E-state index in [9.17, 15) is 14.7 Å². The third kappa shape index (κ3) is 10.2. The number of carbonyl (C=O) groups is 2. The number of halogens is 3. The maximum Gasteiger partial charge on any atom is 0.358 e. The smallest absolute Gasteiger partial charge is 0.358 e. The van der Waals surface area contributed by atoms with Crippen LogP contribution in [-0.2, 0) is 4.74 Å². The third-order valence-corrected chi connectivity index (χ3v) is 14.4. The first kappa shape index (κ1) is 45.5. The molecule has 0 saturated heterocycles. The number of aromatic nitrogens is 7. The molecule has 312 valence electrons. The average Bonchev–Trinajstić information content (AvgIpc) is 3.95. The largest absolute Gasteiger partial charge is 0.476 e. The van der Waals surface area contributed by atoms with E-state index in [-0.39, 0.29) is 5.69 Å². The Kier molecular flexibility index (Phi) is 14.7. The molecule has 0 saturated carbocycles. The van der Waals surface area contributed by atoms with Gasteiger partial charge in [0.05, 0.1) is 42.8 Å². The molecule has 0 fully saturated rings. The van der Waals surface area contributed by atoms with Crippen LogP contribution in [0.25, 0.3) is 43.9 Å². The van der Waals surface area contributed by atoms with Gasteiger partial charge in [-0.3, -0.25) is 4.98 Å². The number of methoxy groups -OCH3 is 1. The summed E-state index contributed by atoms with van der Waals surface area (Å²) in [7, 11) is 1.35. The summed E-state index contributed by atoms with van der Waals surface area (Å²) < 4.78 is 10.6. The number of carboxylic acid groups (broad SMARTS) is 1. The highest BCUT2D eigenvalue weighted by molar-refractivity contribution is 9.10. The summed E-state index contributed by atoms with van der Waals surface area (Å²) in [5.41, 5.74) is 8.28. The molecule has 5 heterocycles. The summed E-state index contributed by atoms with van der Waals surface area (Å²) in [5.74, 6) is -1.53. The lowest BCUT2D eigenvalue weighted by atomic mass is 10.0. The van der Waals surface area contributed by atoms with E-state index in [0.29, 0.717) is 57.9 Å². The number of nitrogens with zero attached hydrogens (tertiary/aromatic N) is 7. The fourth-order valence-electron chi connectivity index (χ4n) is 6.05. The van der Waals surface area contributed by atoms with Gasteiger partial charge in [0.1, 0.15) is 0 Å². The molecule has 0 atom stereocenters. The zero-order valence-electron chi connectivity index (χ0n) is 34.0. The van der Waals surface area contributed by atoms with Gasteiger partial charge in [0.2, 0.25) is 10.3 Å². The minimum absolute atomic E-state index is 0.0926. The van der Waals surface area contributed by atoms with Crippen LogP contribution in [0.4, 0.5) is 0 Å². The normalized spacial score (nSPS) is 11.3. The Morgan fingerprint density at radius 1 is 0.700 bits per heavy atom. The zero-order valence-corrected chi connectivity index (χ0v) is 40.4. The van der Waals surface area contributed by atoms with Crippen LogP contribution in [0.5, 0.6) is 0 Å². The Hall–Kier alpha value is -4.03. The van der Waals surface area contributed by atoms with Crippen LogP contribution in [0.1, 0.15) is 71.4 Å². The van der Waals surface area contributed by atoms with Crippen LogP contribution in [0.15, 0.2) is 73.6 Å². The quantitative estimate of drug-likeness (QED) is 0.0979. The lowest BCUT2D eigenvalue weighted by Gasteiger charge is -2.06. The lowest BCUT2D eigenvalue weighted by molar-refractivity contribution is 0.0588. The van der Waals surface area contributed by atoms with Gasteiger partial charge in [-0.1, -0.05) is 97.8 Å². The number of pyridine rings is 1. The van der Waals surface area contributed by atoms with Gasteiger partial charge in [-0.05, 0) is 85.6 Å². The number of rotatable bonds is 11. The first-order chi connectivity index (χ1) is 28.4. The van der Waals surface area contributed by atoms with E-state index in [2.05, 4.69) is 58.8 Å². The zero-order chi connectivity index (χ0) is 43.6. The summed E-state index contributed by atoms with van der Waals surface area (Å²) in [6.07, 6.45) is 0. The van der Waals surface area contributed by atoms with Crippen LogP contribution in [0.2, 0.25) is 10.0 Å². The van der Waals surface area contributed by atoms with Crippen molar-refractivity contribution in [1.82, 2.24) is 34.5 Å². The number of carbonyl (C=O) groups excluding carboxylic acids is 1. The highest BCUT2D eigenvalue weighted by atomic mass is 79.9. The van der Waals surface area contributed by atoms with Gasteiger partial charge in [0.15, 0.2) is 11.4 Å². The minimum Gasteiger partial charge on any atom is -0.476 e. The molecule has 0 radical (unpaired) electrons. The maximum absolute atomic E-state index is 12.4. The van der Waals surface area contributed by atoms with Gasteiger partial charge in [-0.2, -0.15) is 19.6 Å². The van der Waals surface area contributed by atoms with E-state index < -0.39 is 11.9 Å². The summed E-state index contributed by atoms with van der Waals surface area (Å²) >= 11 is 21.9. The number of thiazole rings is 2. The number of hydrogen-bond acceptors (Lipinski definition) is 12. The van der Waals surface area contributed by atoms with Gasteiger partial charge in [0, 0.05) is 48.6 Å². The van der Waals surface area contributed by atoms with Crippen LogP contribution >= 0.6 is 85.3 Å². The average molecular weight is 986 g/mol. The molecule has 0 aliphatic carbocycles. The van der Waals surface area contributed by atoms with Crippen LogP contribution in [0.3, 0.4) is 0 Å². The molecule has 0 amide bonds. The molecule has 2 aromatic carbocycles. The van der Waals surface area contributed by atoms with Gasteiger partial charge in [0.25, 0.3) is 0 Å². The molecule has 7 rings (SSSR count). The Morgan fingerprint density at radius 3 is 1.55 bits per heavy atom. The van der Waals surface area contributed by atoms with E-state index >= 15 is 0 Å². The number of esters is 1. The Morgan fingerprint density at radius 2 is 1.13 bits per heavy atom. The molecule has 1 N–H and O–H groups in total. The molecule has 60 heavy (non-hydrogen) atoms. The molecular weight excluding hydrogens is 946 g/mol. The second-order valence-corrected chi connectivity index (χ2v) is 21.2. The molecule has 0 spiro atoms. The number of aromatic carboxylic acids is 1. The number of thioether (sulfide) groups is 2. The molecule has 18 heteroatoms. The summed E-state index contributed by atoms with van der Waals surface area (Å²) in [5, 5.41) is 22.4. The van der Waals surface area contributed by atoms with E-state index in [1.807, 2.05) is 88.4 Å². The molecule has 0 aliphatic heterocycles. The number of carboxylic acids is 1. The predicted molar refractivity (Wildman–Crippen MR) is 250 cm³/mol. The summed E-state index contributed by atoms with van der Waals surface area (Å²) in [4.78, 5) is 38.7. The minimum atomic E-state index is -1.06. The maximum atomic E-state index is 12.4. The second-order valence-electron chi connectivity index (χ2n) is 13.9. The Labute approximate surface area is 383 Å². The van der Waals surface area contributed by atoms with Gasteiger partial charge >= 0.3 is 11.9 Å². The fourth-order valence-corrected chi connectivity index (χ4v) is 11.7. The Balaban J connectivity index is 0.000000205. The highest BCUT2D eigenvalue weighted by Gasteiger charge is 2.28. The molecular formula is C42H40BrCl2N7O4S4. The van der Waals surface area contributed by atoms with E-state index in [1.54, 1.807) is 28.2 Å². The van der Waals surface area contributed by atoms with E-state index in [1.165, 1.54) is 34.5 Å². The third-order valence-electron chi connectivity index (χ3n) is 8.45. The van der Waals surface area contributed by atoms with Crippen molar-refractivity contribution in [3.63, 3.8) is 0 Å². The monoisotopic (exact) mass is 983 g/mol. The first-order valence-electron chi connectivity index (χ1n) is 18.4. The molecule has 0 unspecified atom stereocenters. The van der Waals surface area contributed by atoms with Crippen LogP contribution in [0, 0.1) is 27.7 Å². The van der Waals surface area contributed by atoms with Crippen molar-refractivity contribution in [3.8, 4) is 43.9 Å². The second kappa shape index (κ2) is 19.3. The molecule has 11 nitrogen and oxygen atoms in total. The van der Waals surface area contributed by atoms with Gasteiger partial charge in [-0.25, -0.2) is 19.6 Å². The van der Waals surface area contributed by atoms with Crippen molar-refractivity contribution >= 4 is 97.3 Å². The van der Waals surface area contributed by atoms with Crippen molar-refractivity contribution in [2.45, 2.75) is 74.3 Å². The van der Waals surface area contributed by atoms with Crippen LogP contribution in [-0.4, -0.2) is 69.2 Å². The van der Waals surface area contributed by atoms with Gasteiger partial charge < -0.3 is 9.84 Å². The van der Waals surface area contributed by atoms with E-state index in [4.69, 9.17) is 37.9 Å². The standard InChI is InChI=1S/C24H23ClN4O2S2.C18H17BrClN3O2S2/c1-12(2)32-23-20(16-6-8-18(25)9-7-16)27-24(33-23)29-21(22(30)31)19(15(5)28-29)17-10-13(3)26-14(4)11-17;1-9(2)26-17-14(11-5-7-12(20)8-6-11)21-18(27-17)23-15(16(24)25-4)13(19)10(3)22-23/h6-12H,1-5H3,(H,30,31);5-9H,1-4H3. The SMILES string of the molecule is COC(=O)c1c(Br)c(C)nn1-c1nc(-c2ccc(Cl)cc2)c(SC(C)C)s1.Cc1cc(-c2c(C)nn(-c3nc(-c4ccc(Cl)cc4)c(SC(C)C)s3)c2C(=O)O)cc(C)n1. The van der Waals surface area contributed by atoms with Crippen molar-refractivity contribution < 1.29 is 19.4 Å². The molecule has 0 aliphatic rings. The number of aryl methyl sites for hydroxylation is 4. The molecule has 7 aromatic rings.